The highest BCUT2D eigenvalue weighted by atomic mass is 19.4. The highest BCUT2D eigenvalue weighted by Gasteiger charge is 2.51. The van der Waals surface area contributed by atoms with Crippen molar-refractivity contribution in [2.45, 2.75) is 31.5 Å². The molecule has 1 aliphatic carbocycles. The zero-order valence-electron chi connectivity index (χ0n) is 14.0. The van der Waals surface area contributed by atoms with Gasteiger partial charge in [-0.3, -0.25) is 0 Å². The monoisotopic (exact) mass is 366 g/mol. The fourth-order valence-electron chi connectivity index (χ4n) is 3.27. The van der Waals surface area contributed by atoms with Crippen LogP contribution in [0.5, 0.6) is 5.75 Å². The van der Waals surface area contributed by atoms with E-state index in [-0.39, 0.29) is 16.8 Å². The number of phenolic OH excluding ortho intramolecular Hbond substituents is 1. The summed E-state index contributed by atoms with van der Waals surface area (Å²) in [5.74, 6) is -0.0183. The molecule has 2 fully saturated rings. The molecule has 0 amide bonds. The Balaban J connectivity index is 1.67. The third-order valence-corrected chi connectivity index (χ3v) is 4.90. The lowest BCUT2D eigenvalue weighted by molar-refractivity contribution is -0.137. The molecular weight excluding hydrogens is 349 g/mol. The summed E-state index contributed by atoms with van der Waals surface area (Å²) in [6.07, 6.45) is -2.50. The van der Waals surface area contributed by atoms with Crippen LogP contribution in [0.3, 0.4) is 0 Å². The normalized spacial score (nSPS) is 19.0. The average molecular weight is 366 g/mol. The van der Waals surface area contributed by atoms with E-state index in [9.17, 15) is 18.3 Å². The lowest BCUT2D eigenvalue weighted by Crippen LogP contribution is -2.48. The maximum absolute atomic E-state index is 12.8. The molecule has 9 heteroatoms. The fraction of sp³-hybridized carbons (Fsp3) is 0.471. The molecule has 2 heterocycles. The standard InChI is InChI=1S/C17H17F3N4O2/c1-10-14(12-3-2-11(8-13(12)25)17(18,19)20)22-23-15(21-10)24-6-7-26-9-16(24)4-5-16/h2-3,8,25H,4-7,9H2,1H3. The predicted molar refractivity (Wildman–Crippen MR) is 86.8 cm³/mol. The van der Waals surface area contributed by atoms with E-state index in [1.165, 1.54) is 6.07 Å². The van der Waals surface area contributed by atoms with E-state index in [4.69, 9.17) is 4.74 Å². The van der Waals surface area contributed by atoms with Crippen molar-refractivity contribution in [1.29, 1.82) is 0 Å². The first kappa shape index (κ1) is 17.0. The van der Waals surface area contributed by atoms with Crippen LogP contribution in [0.25, 0.3) is 11.3 Å². The van der Waals surface area contributed by atoms with Gasteiger partial charge in [-0.05, 0) is 38.0 Å². The minimum atomic E-state index is -4.52. The molecule has 1 spiro atoms. The van der Waals surface area contributed by atoms with Crippen molar-refractivity contribution in [3.63, 3.8) is 0 Å². The van der Waals surface area contributed by atoms with Crippen LogP contribution in [0.15, 0.2) is 18.2 Å². The van der Waals surface area contributed by atoms with E-state index < -0.39 is 17.5 Å². The number of morpholine rings is 1. The molecule has 0 unspecified atom stereocenters. The largest absolute Gasteiger partial charge is 0.507 e. The summed E-state index contributed by atoms with van der Waals surface area (Å²) in [7, 11) is 0. The van der Waals surface area contributed by atoms with Gasteiger partial charge < -0.3 is 14.7 Å². The number of halogens is 3. The van der Waals surface area contributed by atoms with Gasteiger partial charge in [0.2, 0.25) is 5.95 Å². The summed E-state index contributed by atoms with van der Waals surface area (Å²) in [6.45, 7) is 3.60. The predicted octanol–water partition coefficient (Wildman–Crippen LogP) is 2.94. The Kier molecular flexibility index (Phi) is 3.80. The van der Waals surface area contributed by atoms with Crippen LogP contribution in [0.2, 0.25) is 0 Å². The molecule has 0 radical (unpaired) electrons. The maximum Gasteiger partial charge on any atom is 0.416 e. The molecule has 1 saturated heterocycles. The number of hydrogen-bond donors (Lipinski definition) is 1. The van der Waals surface area contributed by atoms with Crippen molar-refractivity contribution < 1.29 is 23.0 Å². The molecule has 0 bridgehead atoms. The number of hydrogen-bond acceptors (Lipinski definition) is 6. The minimum absolute atomic E-state index is 0.0512. The Morgan fingerprint density at radius 1 is 1.23 bits per heavy atom. The Morgan fingerprint density at radius 3 is 2.62 bits per heavy atom. The van der Waals surface area contributed by atoms with Crippen molar-refractivity contribution in [1.82, 2.24) is 15.2 Å². The quantitative estimate of drug-likeness (QED) is 0.881. The number of ether oxygens (including phenoxy) is 1. The van der Waals surface area contributed by atoms with Crippen molar-refractivity contribution >= 4 is 5.95 Å². The number of nitrogens with zero attached hydrogens (tertiary/aromatic N) is 4. The molecule has 0 atom stereocenters. The van der Waals surface area contributed by atoms with Crippen LogP contribution in [0.4, 0.5) is 19.1 Å². The number of rotatable bonds is 2. The van der Waals surface area contributed by atoms with Crippen LogP contribution < -0.4 is 4.90 Å². The van der Waals surface area contributed by atoms with Gasteiger partial charge in [0.05, 0.1) is 30.0 Å². The Morgan fingerprint density at radius 2 is 2.00 bits per heavy atom. The fourth-order valence-corrected chi connectivity index (χ4v) is 3.27. The first-order valence-corrected chi connectivity index (χ1v) is 8.27. The number of anilines is 1. The first-order chi connectivity index (χ1) is 12.3. The minimum Gasteiger partial charge on any atom is -0.507 e. The second-order valence-corrected chi connectivity index (χ2v) is 6.70. The van der Waals surface area contributed by atoms with Gasteiger partial charge in [-0.15, -0.1) is 10.2 Å². The van der Waals surface area contributed by atoms with E-state index in [1.807, 2.05) is 0 Å². The summed E-state index contributed by atoms with van der Waals surface area (Å²) in [4.78, 5) is 6.57. The van der Waals surface area contributed by atoms with E-state index in [0.717, 1.165) is 18.9 Å². The number of benzene rings is 1. The van der Waals surface area contributed by atoms with E-state index in [2.05, 4.69) is 20.1 Å². The molecule has 1 N–H and O–H groups in total. The first-order valence-electron chi connectivity index (χ1n) is 8.27. The zero-order chi connectivity index (χ0) is 18.5. The van der Waals surface area contributed by atoms with Gasteiger partial charge in [0, 0.05) is 12.1 Å². The van der Waals surface area contributed by atoms with Crippen LogP contribution in [0.1, 0.15) is 24.1 Å². The summed E-state index contributed by atoms with van der Waals surface area (Å²) < 4.78 is 43.8. The molecule has 1 aromatic heterocycles. The molecule has 138 valence electrons. The molecular formula is C17H17F3N4O2. The van der Waals surface area contributed by atoms with E-state index in [0.29, 0.717) is 37.5 Å². The molecule has 6 nitrogen and oxygen atoms in total. The molecule has 2 aliphatic rings. The number of aryl methyl sites for hydroxylation is 1. The Labute approximate surface area is 147 Å². The smallest absolute Gasteiger partial charge is 0.416 e. The molecule has 1 aromatic carbocycles. The third-order valence-electron chi connectivity index (χ3n) is 4.90. The second-order valence-electron chi connectivity index (χ2n) is 6.70. The average Bonchev–Trinajstić information content (AvgIpc) is 3.34. The number of aromatic hydroxyl groups is 1. The van der Waals surface area contributed by atoms with Gasteiger partial charge in [-0.1, -0.05) is 0 Å². The van der Waals surface area contributed by atoms with E-state index >= 15 is 0 Å². The molecule has 1 aliphatic heterocycles. The third kappa shape index (κ3) is 2.86. The van der Waals surface area contributed by atoms with Crippen molar-refractivity contribution in [2.75, 3.05) is 24.7 Å². The lowest BCUT2D eigenvalue weighted by Gasteiger charge is -2.35. The van der Waals surface area contributed by atoms with Crippen LogP contribution >= 0.6 is 0 Å². The van der Waals surface area contributed by atoms with Gasteiger partial charge in [0.15, 0.2) is 0 Å². The van der Waals surface area contributed by atoms with Crippen molar-refractivity contribution in [3.8, 4) is 17.0 Å². The van der Waals surface area contributed by atoms with Gasteiger partial charge >= 0.3 is 6.18 Å². The molecule has 2 aromatic rings. The van der Waals surface area contributed by atoms with Gasteiger partial charge in [0.1, 0.15) is 11.4 Å². The summed E-state index contributed by atoms with van der Waals surface area (Å²) >= 11 is 0. The summed E-state index contributed by atoms with van der Waals surface area (Å²) in [5, 5.41) is 18.3. The number of phenols is 1. The SMILES string of the molecule is Cc1nc(N2CCOCC23CC3)nnc1-c1ccc(C(F)(F)F)cc1O. The van der Waals surface area contributed by atoms with Crippen LogP contribution in [0, 0.1) is 6.92 Å². The Hall–Kier alpha value is -2.42. The molecule has 4 rings (SSSR count). The topological polar surface area (TPSA) is 71.4 Å². The van der Waals surface area contributed by atoms with Crippen molar-refractivity contribution in [3.05, 3.63) is 29.5 Å². The number of aromatic nitrogens is 3. The Bertz CT molecular complexity index is 852. The molecule has 26 heavy (non-hydrogen) atoms. The lowest BCUT2D eigenvalue weighted by atomic mass is 10.1. The van der Waals surface area contributed by atoms with Gasteiger partial charge in [-0.2, -0.15) is 13.2 Å². The van der Waals surface area contributed by atoms with Gasteiger partial charge in [-0.25, -0.2) is 4.98 Å². The maximum atomic E-state index is 12.8. The summed E-state index contributed by atoms with van der Waals surface area (Å²) in [5.41, 5.74) is -0.0433. The van der Waals surface area contributed by atoms with E-state index in [1.54, 1.807) is 6.92 Å². The number of alkyl halides is 3. The van der Waals surface area contributed by atoms with Crippen LogP contribution in [-0.4, -0.2) is 45.6 Å². The molecule has 1 saturated carbocycles. The van der Waals surface area contributed by atoms with Crippen molar-refractivity contribution in [2.24, 2.45) is 0 Å². The summed E-state index contributed by atoms with van der Waals surface area (Å²) in [6, 6.07) is 2.78. The van der Waals surface area contributed by atoms with Crippen LogP contribution in [-0.2, 0) is 10.9 Å². The highest BCUT2D eigenvalue weighted by molar-refractivity contribution is 5.69. The van der Waals surface area contributed by atoms with Gasteiger partial charge in [0.25, 0.3) is 0 Å². The highest BCUT2D eigenvalue weighted by Crippen LogP contribution is 2.45. The second kappa shape index (κ2) is 5.80. The zero-order valence-corrected chi connectivity index (χ0v) is 14.0.